The maximum Gasteiger partial charge on any atom is 0.254 e. The molecule has 0 atom stereocenters. The Hall–Kier alpha value is -5.70. The number of halogens is 1. The fraction of sp³-hybridized carbons (Fsp3) is 0.244. The first-order valence-corrected chi connectivity index (χ1v) is 16.9. The third-order valence-electron chi connectivity index (χ3n) is 8.80. The summed E-state index contributed by atoms with van der Waals surface area (Å²) in [6.07, 6.45) is 3.52. The number of carbonyl (C=O) groups excluding carboxylic acids is 2. The van der Waals surface area contributed by atoms with E-state index in [4.69, 9.17) is 9.47 Å². The minimum Gasteiger partial charge on any atom is -0.489 e. The molecule has 1 fully saturated rings. The van der Waals surface area contributed by atoms with Crippen LogP contribution in [0.1, 0.15) is 44.7 Å². The summed E-state index contributed by atoms with van der Waals surface area (Å²) >= 11 is 0. The summed E-state index contributed by atoms with van der Waals surface area (Å²) in [7, 11) is 3.96. The van der Waals surface area contributed by atoms with Gasteiger partial charge in [0, 0.05) is 70.1 Å². The van der Waals surface area contributed by atoms with Crippen molar-refractivity contribution in [1.82, 2.24) is 15.2 Å². The zero-order valence-electron chi connectivity index (χ0n) is 28.3. The van der Waals surface area contributed by atoms with E-state index in [1.807, 2.05) is 97.9 Å². The van der Waals surface area contributed by atoms with Gasteiger partial charge in [0.15, 0.2) is 0 Å². The van der Waals surface area contributed by atoms with E-state index in [1.165, 1.54) is 12.1 Å². The van der Waals surface area contributed by atoms with Crippen LogP contribution in [-0.4, -0.2) is 61.5 Å². The summed E-state index contributed by atoms with van der Waals surface area (Å²) in [5, 5.41) is 2.85. The number of ether oxygens (including phenoxy) is 2. The number of hydrogen-bond donors (Lipinski definition) is 1. The van der Waals surface area contributed by atoms with Gasteiger partial charge < -0.3 is 24.6 Å². The van der Waals surface area contributed by atoms with Crippen molar-refractivity contribution in [3.05, 3.63) is 143 Å². The van der Waals surface area contributed by atoms with E-state index in [9.17, 15) is 14.0 Å². The van der Waals surface area contributed by atoms with E-state index in [-0.39, 0.29) is 23.1 Å². The summed E-state index contributed by atoms with van der Waals surface area (Å²) < 4.78 is 26.3. The Morgan fingerprint density at radius 3 is 2.22 bits per heavy atom. The van der Waals surface area contributed by atoms with Gasteiger partial charge in [0.25, 0.3) is 11.8 Å². The van der Waals surface area contributed by atoms with Crippen LogP contribution >= 0.6 is 0 Å². The molecule has 6 rings (SSSR count). The average molecular weight is 673 g/mol. The van der Waals surface area contributed by atoms with Gasteiger partial charge in [0.2, 0.25) is 5.88 Å². The van der Waals surface area contributed by atoms with Gasteiger partial charge in [-0.3, -0.25) is 9.59 Å². The van der Waals surface area contributed by atoms with E-state index < -0.39 is 11.7 Å². The first-order valence-electron chi connectivity index (χ1n) is 16.9. The summed E-state index contributed by atoms with van der Waals surface area (Å²) in [4.78, 5) is 34.9. The SMILES string of the molecule is CN(C)c1ccc(CCNC(=O)c2cc(F)ccc2C(=O)N2CCC(Oc3ccc(-c4ccc(COc5ccccc5)cc4)cn3)CC2)cc1. The first kappa shape index (κ1) is 34.2. The highest BCUT2D eigenvalue weighted by molar-refractivity contribution is 6.07. The maximum atomic E-state index is 14.2. The lowest BCUT2D eigenvalue weighted by molar-refractivity contribution is 0.0584. The molecule has 1 aliphatic heterocycles. The Balaban J connectivity index is 0.983. The Morgan fingerprint density at radius 2 is 1.54 bits per heavy atom. The fourth-order valence-corrected chi connectivity index (χ4v) is 5.88. The molecule has 4 aromatic carbocycles. The fourth-order valence-electron chi connectivity index (χ4n) is 5.88. The van der Waals surface area contributed by atoms with Crippen molar-refractivity contribution < 1.29 is 23.5 Å². The van der Waals surface area contributed by atoms with Gasteiger partial charge in [-0.15, -0.1) is 0 Å². The first-order chi connectivity index (χ1) is 24.3. The van der Waals surface area contributed by atoms with Gasteiger partial charge in [0.05, 0.1) is 11.1 Å². The standard InChI is InChI=1S/C41H41FN4O4/c1-45(2)34-16-10-29(11-17-34)20-23-43-40(47)38-26-33(42)15-18-37(38)41(48)46-24-21-36(22-25-46)50-39-19-14-32(27-44-39)31-12-8-30(9-13-31)28-49-35-6-4-3-5-7-35/h3-19,26-27,36H,20-25,28H2,1-2H3,(H,43,47). The van der Waals surface area contributed by atoms with Crippen LogP contribution in [0.2, 0.25) is 0 Å². The lowest BCUT2D eigenvalue weighted by atomic mass is 10.0. The normalized spacial score (nSPS) is 13.1. The van der Waals surface area contributed by atoms with Gasteiger partial charge in [-0.05, 0) is 71.6 Å². The number of likely N-dealkylation sites (tertiary alicyclic amines) is 1. The topological polar surface area (TPSA) is 84.0 Å². The van der Waals surface area contributed by atoms with Crippen molar-refractivity contribution in [2.75, 3.05) is 38.6 Å². The number of nitrogens with zero attached hydrogens (tertiary/aromatic N) is 3. The highest BCUT2D eigenvalue weighted by Crippen LogP contribution is 2.25. The molecular formula is C41H41FN4O4. The van der Waals surface area contributed by atoms with Crippen LogP contribution in [0.3, 0.4) is 0 Å². The van der Waals surface area contributed by atoms with Gasteiger partial charge in [-0.1, -0.05) is 54.6 Å². The molecule has 256 valence electrons. The molecule has 0 bridgehead atoms. The van der Waals surface area contributed by atoms with Gasteiger partial charge in [-0.2, -0.15) is 0 Å². The molecular weight excluding hydrogens is 631 g/mol. The number of aromatic nitrogens is 1. The average Bonchev–Trinajstić information content (AvgIpc) is 3.15. The molecule has 0 aliphatic carbocycles. The molecule has 2 heterocycles. The second-order valence-corrected chi connectivity index (χ2v) is 12.5. The van der Waals surface area contributed by atoms with E-state index in [0.29, 0.717) is 51.4 Å². The number of anilines is 1. The van der Waals surface area contributed by atoms with Crippen LogP contribution < -0.4 is 19.7 Å². The number of para-hydroxylation sites is 1. The van der Waals surface area contributed by atoms with Gasteiger partial charge in [0.1, 0.15) is 24.3 Å². The van der Waals surface area contributed by atoms with E-state index in [1.54, 1.807) is 11.1 Å². The smallest absolute Gasteiger partial charge is 0.254 e. The molecule has 5 aromatic rings. The second kappa shape index (κ2) is 16.1. The molecule has 2 amide bonds. The van der Waals surface area contributed by atoms with Crippen LogP contribution in [0, 0.1) is 5.82 Å². The second-order valence-electron chi connectivity index (χ2n) is 12.5. The third-order valence-corrected chi connectivity index (χ3v) is 8.80. The summed E-state index contributed by atoms with van der Waals surface area (Å²) in [6, 6.07) is 33.6. The van der Waals surface area contributed by atoms with Gasteiger partial charge >= 0.3 is 0 Å². The molecule has 0 spiro atoms. The van der Waals surface area contributed by atoms with Crippen molar-refractivity contribution in [2.45, 2.75) is 32.0 Å². The maximum absolute atomic E-state index is 14.2. The molecule has 1 saturated heterocycles. The minimum absolute atomic E-state index is 0.0378. The Morgan fingerprint density at radius 1 is 0.840 bits per heavy atom. The van der Waals surface area contributed by atoms with Gasteiger partial charge in [-0.25, -0.2) is 9.37 Å². The lowest BCUT2D eigenvalue weighted by Crippen LogP contribution is -2.42. The van der Waals surface area contributed by atoms with Crippen molar-refractivity contribution in [3.63, 3.8) is 0 Å². The minimum atomic E-state index is -0.568. The van der Waals surface area contributed by atoms with Crippen LogP contribution in [0.4, 0.5) is 10.1 Å². The summed E-state index contributed by atoms with van der Waals surface area (Å²) in [5.74, 6) is 0.0238. The van der Waals surface area contributed by atoms with Crippen molar-refractivity contribution >= 4 is 17.5 Å². The molecule has 8 nitrogen and oxygen atoms in total. The quantitative estimate of drug-likeness (QED) is 0.151. The summed E-state index contributed by atoms with van der Waals surface area (Å²) in [6.45, 7) is 1.75. The molecule has 0 unspecified atom stereocenters. The van der Waals surface area contributed by atoms with E-state index >= 15 is 0 Å². The number of pyridine rings is 1. The molecule has 9 heteroatoms. The lowest BCUT2D eigenvalue weighted by Gasteiger charge is -2.32. The molecule has 1 aromatic heterocycles. The number of rotatable bonds is 12. The van der Waals surface area contributed by atoms with Crippen LogP contribution in [0.25, 0.3) is 11.1 Å². The number of carbonyl (C=O) groups is 2. The number of hydrogen-bond acceptors (Lipinski definition) is 6. The van der Waals surface area contributed by atoms with Crippen molar-refractivity contribution in [2.24, 2.45) is 0 Å². The number of nitrogens with one attached hydrogen (secondary N) is 1. The monoisotopic (exact) mass is 672 g/mol. The molecule has 1 N–H and O–H groups in total. The van der Waals surface area contributed by atoms with E-state index in [0.717, 1.165) is 39.8 Å². The molecule has 0 radical (unpaired) electrons. The number of piperidine rings is 1. The zero-order chi connectivity index (χ0) is 34.9. The molecule has 50 heavy (non-hydrogen) atoms. The van der Waals surface area contributed by atoms with Crippen molar-refractivity contribution in [1.29, 1.82) is 0 Å². The Bertz CT molecular complexity index is 1870. The van der Waals surface area contributed by atoms with Crippen LogP contribution in [0.5, 0.6) is 11.6 Å². The predicted octanol–water partition coefficient (Wildman–Crippen LogP) is 7.19. The van der Waals surface area contributed by atoms with Crippen LogP contribution in [-0.2, 0) is 13.0 Å². The third kappa shape index (κ3) is 8.85. The molecule has 1 aliphatic rings. The largest absolute Gasteiger partial charge is 0.489 e. The Kier molecular flexibility index (Phi) is 11.0. The predicted molar refractivity (Wildman–Crippen MR) is 193 cm³/mol. The Labute approximate surface area is 292 Å². The highest BCUT2D eigenvalue weighted by Gasteiger charge is 2.28. The molecule has 0 saturated carbocycles. The van der Waals surface area contributed by atoms with Crippen molar-refractivity contribution in [3.8, 4) is 22.8 Å². The highest BCUT2D eigenvalue weighted by atomic mass is 19.1. The summed E-state index contributed by atoms with van der Waals surface area (Å²) in [5.41, 5.74) is 5.48. The number of benzene rings is 4. The van der Waals surface area contributed by atoms with Crippen LogP contribution in [0.15, 0.2) is 115 Å². The van der Waals surface area contributed by atoms with E-state index in [2.05, 4.69) is 22.4 Å². The zero-order valence-corrected chi connectivity index (χ0v) is 28.3. The number of amides is 2.